The maximum atomic E-state index is 12.6. The van der Waals surface area contributed by atoms with Gasteiger partial charge in [-0.25, -0.2) is 0 Å². The molecule has 10 heteroatoms. The Morgan fingerprint density at radius 1 is 1.03 bits per heavy atom. The van der Waals surface area contributed by atoms with Crippen molar-refractivity contribution in [2.45, 2.75) is 20.3 Å². The lowest BCUT2D eigenvalue weighted by Gasteiger charge is -2.18. The van der Waals surface area contributed by atoms with E-state index in [0.29, 0.717) is 17.2 Å². The maximum Gasteiger partial charge on any atom is 0.311 e. The van der Waals surface area contributed by atoms with Crippen LogP contribution in [0.1, 0.15) is 27.9 Å². The molecule has 2 aromatic rings. The minimum absolute atomic E-state index is 0.0601. The number of nitrogens with one attached hydrogen (secondary N) is 2. The minimum Gasteiger partial charge on any atom is -0.493 e. The lowest BCUT2D eigenvalue weighted by Crippen LogP contribution is -2.43. The van der Waals surface area contributed by atoms with Crippen molar-refractivity contribution in [1.82, 2.24) is 10.4 Å². The van der Waals surface area contributed by atoms with Crippen LogP contribution in [0, 0.1) is 19.8 Å². The summed E-state index contributed by atoms with van der Waals surface area (Å²) in [6.07, 6.45) is -0.135. The number of hydrogen-bond acceptors (Lipinski definition) is 7. The van der Waals surface area contributed by atoms with Gasteiger partial charge in [-0.05, 0) is 43.7 Å². The summed E-state index contributed by atoms with van der Waals surface area (Å²) in [6.45, 7) is 3.27. The van der Waals surface area contributed by atoms with Crippen molar-refractivity contribution >= 4 is 29.4 Å². The molecular formula is C24H27N3O7. The first-order valence-electron chi connectivity index (χ1n) is 10.6. The Morgan fingerprint density at radius 3 is 2.44 bits per heavy atom. The summed E-state index contributed by atoms with van der Waals surface area (Å²) in [6, 6.07) is 10.1. The van der Waals surface area contributed by atoms with E-state index in [0.717, 1.165) is 16.1 Å². The number of rotatable bonds is 8. The Kier molecular flexibility index (Phi) is 7.72. The summed E-state index contributed by atoms with van der Waals surface area (Å²) >= 11 is 0. The van der Waals surface area contributed by atoms with Crippen molar-refractivity contribution < 1.29 is 33.4 Å². The lowest BCUT2D eigenvalue weighted by molar-refractivity contribution is -0.151. The van der Waals surface area contributed by atoms with Crippen LogP contribution in [0.25, 0.3) is 0 Å². The number of nitrogens with zero attached hydrogens (tertiary/aromatic N) is 1. The maximum absolute atomic E-state index is 12.6. The van der Waals surface area contributed by atoms with E-state index in [1.54, 1.807) is 12.1 Å². The van der Waals surface area contributed by atoms with Crippen molar-refractivity contribution in [1.29, 1.82) is 0 Å². The van der Waals surface area contributed by atoms with Crippen LogP contribution in [-0.2, 0) is 19.1 Å². The fraction of sp³-hybridized carbons (Fsp3) is 0.333. The van der Waals surface area contributed by atoms with Gasteiger partial charge in [-0.2, -0.15) is 0 Å². The zero-order valence-electron chi connectivity index (χ0n) is 19.5. The van der Waals surface area contributed by atoms with Gasteiger partial charge in [0.2, 0.25) is 5.91 Å². The standard InChI is InChI=1S/C24H27N3O7/c1-14-5-7-18(15(2)9-14)25-21(28)13-34-24(31)17-11-22(29)27(12-17)26-23(30)16-6-8-19(32-3)20(10-16)33-4/h5-10,17H,11-13H2,1-4H3,(H,25,28)(H,26,30)/t17-/m1/s1. The molecule has 180 valence electrons. The van der Waals surface area contributed by atoms with Crippen LogP contribution in [0.3, 0.4) is 0 Å². The number of esters is 1. The third kappa shape index (κ3) is 5.83. The molecule has 2 N–H and O–H groups in total. The summed E-state index contributed by atoms with van der Waals surface area (Å²) in [4.78, 5) is 49.4. The van der Waals surface area contributed by atoms with Crippen molar-refractivity contribution in [2.24, 2.45) is 5.92 Å². The van der Waals surface area contributed by atoms with E-state index in [9.17, 15) is 19.2 Å². The van der Waals surface area contributed by atoms with Crippen molar-refractivity contribution in [3.05, 3.63) is 53.1 Å². The molecule has 0 radical (unpaired) electrons. The first kappa shape index (κ1) is 24.6. The Morgan fingerprint density at radius 2 is 1.76 bits per heavy atom. The number of methoxy groups -OCH3 is 2. The van der Waals surface area contributed by atoms with Gasteiger partial charge in [0.05, 0.1) is 26.7 Å². The van der Waals surface area contributed by atoms with Crippen LogP contribution in [0.5, 0.6) is 11.5 Å². The van der Waals surface area contributed by atoms with E-state index >= 15 is 0 Å². The molecule has 0 saturated carbocycles. The second kappa shape index (κ2) is 10.7. The van der Waals surface area contributed by atoms with E-state index in [-0.39, 0.29) is 18.5 Å². The summed E-state index contributed by atoms with van der Waals surface area (Å²) < 4.78 is 15.4. The summed E-state index contributed by atoms with van der Waals surface area (Å²) in [5.74, 6) is -2.13. The molecule has 0 aliphatic carbocycles. The minimum atomic E-state index is -0.799. The summed E-state index contributed by atoms with van der Waals surface area (Å²) in [5, 5.41) is 3.76. The average Bonchev–Trinajstić information content (AvgIpc) is 3.18. The van der Waals surface area contributed by atoms with Crippen molar-refractivity contribution in [2.75, 3.05) is 32.7 Å². The molecule has 3 amide bonds. The van der Waals surface area contributed by atoms with Crippen molar-refractivity contribution in [3.8, 4) is 11.5 Å². The number of ether oxygens (including phenoxy) is 3. The van der Waals surface area contributed by atoms with Crippen molar-refractivity contribution in [3.63, 3.8) is 0 Å². The first-order valence-corrected chi connectivity index (χ1v) is 10.6. The fourth-order valence-corrected chi connectivity index (χ4v) is 3.53. The van der Waals surface area contributed by atoms with Gasteiger partial charge in [-0.1, -0.05) is 17.7 Å². The Balaban J connectivity index is 1.52. The lowest BCUT2D eigenvalue weighted by atomic mass is 10.1. The molecule has 1 saturated heterocycles. The number of carbonyl (C=O) groups is 4. The topological polar surface area (TPSA) is 123 Å². The Bertz CT molecular complexity index is 1120. The number of aryl methyl sites for hydroxylation is 2. The summed E-state index contributed by atoms with van der Waals surface area (Å²) in [7, 11) is 2.93. The van der Waals surface area contributed by atoms with Crippen LogP contribution >= 0.6 is 0 Å². The first-order chi connectivity index (χ1) is 16.2. The molecule has 2 aromatic carbocycles. The van der Waals surface area contributed by atoms with Gasteiger partial charge in [0, 0.05) is 17.7 Å². The molecule has 3 rings (SSSR count). The van der Waals surface area contributed by atoms with E-state index in [4.69, 9.17) is 14.2 Å². The monoisotopic (exact) mass is 469 g/mol. The normalized spacial score (nSPS) is 15.0. The average molecular weight is 469 g/mol. The van der Waals surface area contributed by atoms with Gasteiger partial charge in [0.25, 0.3) is 11.8 Å². The highest BCUT2D eigenvalue weighted by molar-refractivity contribution is 5.97. The van der Waals surface area contributed by atoms with Gasteiger partial charge in [0.15, 0.2) is 18.1 Å². The van der Waals surface area contributed by atoms with Gasteiger partial charge in [-0.15, -0.1) is 0 Å². The van der Waals surface area contributed by atoms with E-state index in [2.05, 4.69) is 10.7 Å². The Labute approximate surface area is 197 Å². The van der Waals surface area contributed by atoms with Gasteiger partial charge < -0.3 is 19.5 Å². The van der Waals surface area contributed by atoms with Crippen LogP contribution in [0.2, 0.25) is 0 Å². The molecule has 34 heavy (non-hydrogen) atoms. The largest absolute Gasteiger partial charge is 0.493 e. The molecule has 0 spiro atoms. The Hall–Kier alpha value is -4.08. The van der Waals surface area contributed by atoms with Crippen LogP contribution in [0.4, 0.5) is 5.69 Å². The molecule has 1 fully saturated rings. The number of carbonyl (C=O) groups excluding carboxylic acids is 4. The second-order valence-electron chi connectivity index (χ2n) is 7.89. The highest BCUT2D eigenvalue weighted by Gasteiger charge is 2.36. The van der Waals surface area contributed by atoms with Crippen LogP contribution in [0.15, 0.2) is 36.4 Å². The third-order valence-corrected chi connectivity index (χ3v) is 5.34. The second-order valence-corrected chi connectivity index (χ2v) is 7.89. The quantitative estimate of drug-likeness (QED) is 0.567. The van der Waals surface area contributed by atoms with Crippen LogP contribution < -0.4 is 20.2 Å². The van der Waals surface area contributed by atoms with E-state index in [1.807, 2.05) is 26.0 Å². The predicted octanol–water partition coefficient (Wildman–Crippen LogP) is 2.00. The number of hydrazine groups is 1. The highest BCUT2D eigenvalue weighted by Crippen LogP contribution is 2.27. The number of anilines is 1. The molecule has 0 aromatic heterocycles. The number of hydrogen-bond donors (Lipinski definition) is 2. The fourth-order valence-electron chi connectivity index (χ4n) is 3.53. The molecule has 1 heterocycles. The molecule has 0 bridgehead atoms. The van der Waals surface area contributed by atoms with E-state index in [1.165, 1.54) is 26.4 Å². The molecule has 0 unspecified atom stereocenters. The highest BCUT2D eigenvalue weighted by atomic mass is 16.5. The predicted molar refractivity (Wildman–Crippen MR) is 122 cm³/mol. The third-order valence-electron chi connectivity index (χ3n) is 5.34. The molecule has 1 aliphatic heterocycles. The van der Waals surface area contributed by atoms with Gasteiger partial charge in [0.1, 0.15) is 0 Å². The SMILES string of the molecule is COc1ccc(C(=O)NN2C[C@H](C(=O)OCC(=O)Nc3ccc(C)cc3C)CC2=O)cc1OC. The van der Waals surface area contributed by atoms with Gasteiger partial charge >= 0.3 is 5.97 Å². The summed E-state index contributed by atoms with van der Waals surface area (Å²) in [5.41, 5.74) is 5.33. The number of benzene rings is 2. The zero-order chi connectivity index (χ0) is 24.8. The molecular weight excluding hydrogens is 442 g/mol. The smallest absolute Gasteiger partial charge is 0.311 e. The number of amides is 3. The van der Waals surface area contributed by atoms with Gasteiger partial charge in [-0.3, -0.25) is 29.6 Å². The zero-order valence-corrected chi connectivity index (χ0v) is 19.5. The molecule has 1 atom stereocenters. The molecule has 1 aliphatic rings. The van der Waals surface area contributed by atoms with E-state index < -0.39 is 36.2 Å². The molecule has 10 nitrogen and oxygen atoms in total. The van der Waals surface area contributed by atoms with Crippen LogP contribution in [-0.4, -0.2) is 56.1 Å².